The Bertz CT molecular complexity index is 1130. The van der Waals surface area contributed by atoms with E-state index in [1.54, 1.807) is 11.1 Å². The second kappa shape index (κ2) is 9.94. The number of hydrogen-bond acceptors (Lipinski definition) is 4. The molecule has 0 saturated carbocycles. The molecule has 1 aliphatic rings. The Hall–Kier alpha value is -3.54. The molecule has 1 fully saturated rings. The van der Waals surface area contributed by atoms with E-state index in [2.05, 4.69) is 64.7 Å². The number of nitrogens with zero attached hydrogens (tertiary/aromatic N) is 3. The van der Waals surface area contributed by atoms with Crippen molar-refractivity contribution in [3.05, 3.63) is 83.9 Å². The topological polar surface area (TPSA) is 75.2 Å². The van der Waals surface area contributed by atoms with E-state index in [0.717, 1.165) is 29.5 Å². The third-order valence-corrected chi connectivity index (χ3v) is 6.29. The van der Waals surface area contributed by atoms with Gasteiger partial charge in [0, 0.05) is 32.0 Å². The van der Waals surface area contributed by atoms with Crippen molar-refractivity contribution in [3.63, 3.8) is 0 Å². The maximum absolute atomic E-state index is 13.4. The summed E-state index contributed by atoms with van der Waals surface area (Å²) in [6.45, 7) is 5.54. The van der Waals surface area contributed by atoms with Crippen molar-refractivity contribution >= 4 is 11.8 Å². The summed E-state index contributed by atoms with van der Waals surface area (Å²) in [4.78, 5) is 36.4. The largest absolute Gasteiger partial charge is 0.356 e. The van der Waals surface area contributed by atoms with E-state index in [9.17, 15) is 9.59 Å². The van der Waals surface area contributed by atoms with Crippen LogP contribution in [0.15, 0.2) is 67.1 Å². The molecule has 33 heavy (non-hydrogen) atoms. The van der Waals surface area contributed by atoms with Gasteiger partial charge in [-0.05, 0) is 49.8 Å². The predicted octanol–water partition coefficient (Wildman–Crippen LogP) is 4.05. The van der Waals surface area contributed by atoms with Crippen LogP contribution in [0.3, 0.4) is 0 Å². The van der Waals surface area contributed by atoms with Gasteiger partial charge < -0.3 is 10.2 Å². The highest BCUT2D eigenvalue weighted by atomic mass is 16.2. The number of aryl methyl sites for hydroxylation is 1. The van der Waals surface area contributed by atoms with Crippen LogP contribution in [0.5, 0.6) is 0 Å². The second-order valence-electron chi connectivity index (χ2n) is 8.81. The van der Waals surface area contributed by atoms with Crippen LogP contribution in [0.1, 0.15) is 41.4 Å². The van der Waals surface area contributed by atoms with E-state index in [1.807, 2.05) is 13.0 Å². The van der Waals surface area contributed by atoms with Gasteiger partial charge in [0.15, 0.2) is 0 Å². The molecule has 2 amide bonds. The smallest absolute Gasteiger partial charge is 0.274 e. The first-order chi connectivity index (χ1) is 16.0. The molecule has 6 heteroatoms. The molecule has 6 nitrogen and oxygen atoms in total. The Labute approximate surface area is 195 Å². The average molecular weight is 443 g/mol. The van der Waals surface area contributed by atoms with Crippen molar-refractivity contribution in [1.82, 2.24) is 20.2 Å². The van der Waals surface area contributed by atoms with Gasteiger partial charge >= 0.3 is 0 Å². The molecule has 1 N–H and O–H groups in total. The van der Waals surface area contributed by atoms with E-state index in [1.165, 1.54) is 18.0 Å². The lowest BCUT2D eigenvalue weighted by Crippen LogP contribution is -2.54. The van der Waals surface area contributed by atoms with Gasteiger partial charge in [0.25, 0.3) is 5.91 Å². The van der Waals surface area contributed by atoms with Gasteiger partial charge in [-0.2, -0.15) is 0 Å². The molecule has 1 aliphatic heterocycles. The van der Waals surface area contributed by atoms with Crippen LogP contribution in [0.25, 0.3) is 11.1 Å². The quantitative estimate of drug-likeness (QED) is 0.625. The summed E-state index contributed by atoms with van der Waals surface area (Å²) in [6.07, 6.45) is 6.62. The summed E-state index contributed by atoms with van der Waals surface area (Å²) < 4.78 is 0. The van der Waals surface area contributed by atoms with E-state index in [4.69, 9.17) is 0 Å². The number of aromatic nitrogens is 2. The summed E-state index contributed by atoms with van der Waals surface area (Å²) >= 11 is 0. The second-order valence-corrected chi connectivity index (χ2v) is 8.81. The molecule has 0 spiro atoms. The highest BCUT2D eigenvalue weighted by molar-refractivity contribution is 5.93. The van der Waals surface area contributed by atoms with E-state index >= 15 is 0 Å². The highest BCUT2D eigenvalue weighted by Gasteiger charge is 2.43. The maximum Gasteiger partial charge on any atom is 0.274 e. The fourth-order valence-electron chi connectivity index (χ4n) is 4.71. The lowest BCUT2D eigenvalue weighted by Gasteiger charge is -2.41. The Morgan fingerprint density at radius 3 is 2.61 bits per heavy atom. The standard InChI is InChI=1S/C27H30N4O2/c1-3-29-26(33)27(11-6-14-31(19-27)25(32)24-18-28-12-13-30-24)17-21-8-5-10-23(16-21)22-9-4-7-20(2)15-22/h4-5,7-10,12-13,15-16,18H,3,6,11,14,17,19H2,1-2H3,(H,29,33). The molecule has 4 rings (SSSR count). The Morgan fingerprint density at radius 1 is 1.09 bits per heavy atom. The van der Waals surface area contributed by atoms with Gasteiger partial charge in [-0.15, -0.1) is 0 Å². The van der Waals surface area contributed by atoms with Crippen molar-refractivity contribution < 1.29 is 9.59 Å². The number of nitrogens with one attached hydrogen (secondary N) is 1. The molecular weight excluding hydrogens is 412 g/mol. The predicted molar refractivity (Wildman–Crippen MR) is 129 cm³/mol. The number of carbonyl (C=O) groups excluding carboxylic acids is 2. The minimum atomic E-state index is -0.683. The molecule has 0 bridgehead atoms. The van der Waals surface area contributed by atoms with Gasteiger partial charge in [0.05, 0.1) is 11.6 Å². The van der Waals surface area contributed by atoms with Crippen LogP contribution in [-0.4, -0.2) is 46.3 Å². The molecule has 1 saturated heterocycles. The first-order valence-electron chi connectivity index (χ1n) is 11.5. The summed E-state index contributed by atoms with van der Waals surface area (Å²) in [5.74, 6) is -0.174. The van der Waals surface area contributed by atoms with Gasteiger partial charge in [-0.25, -0.2) is 4.98 Å². The number of benzene rings is 2. The highest BCUT2D eigenvalue weighted by Crippen LogP contribution is 2.36. The molecule has 1 aromatic heterocycles. The summed E-state index contributed by atoms with van der Waals surface area (Å²) in [5.41, 5.74) is 4.22. The molecule has 3 aromatic rings. The lowest BCUT2D eigenvalue weighted by atomic mass is 9.74. The van der Waals surface area contributed by atoms with Gasteiger partial charge in [0.2, 0.25) is 5.91 Å². The van der Waals surface area contributed by atoms with E-state index in [-0.39, 0.29) is 11.8 Å². The van der Waals surface area contributed by atoms with Crippen molar-refractivity contribution in [2.45, 2.75) is 33.1 Å². The Morgan fingerprint density at radius 2 is 1.88 bits per heavy atom. The molecule has 1 atom stereocenters. The number of hydrogen-bond donors (Lipinski definition) is 1. The molecule has 0 aliphatic carbocycles. The zero-order valence-corrected chi connectivity index (χ0v) is 19.3. The molecule has 170 valence electrons. The fourth-order valence-corrected chi connectivity index (χ4v) is 4.71. The fraction of sp³-hybridized carbons (Fsp3) is 0.333. The van der Waals surface area contributed by atoms with Crippen LogP contribution < -0.4 is 5.32 Å². The number of piperidine rings is 1. The van der Waals surface area contributed by atoms with Crippen LogP contribution in [0, 0.1) is 12.3 Å². The van der Waals surface area contributed by atoms with E-state index < -0.39 is 5.41 Å². The van der Waals surface area contributed by atoms with Crippen LogP contribution >= 0.6 is 0 Å². The van der Waals surface area contributed by atoms with E-state index in [0.29, 0.717) is 31.7 Å². The van der Waals surface area contributed by atoms with Crippen molar-refractivity contribution in [2.75, 3.05) is 19.6 Å². The summed E-state index contributed by atoms with van der Waals surface area (Å²) in [7, 11) is 0. The Balaban J connectivity index is 1.63. The number of amides is 2. The minimum absolute atomic E-state index is 0.00241. The number of rotatable bonds is 6. The number of carbonyl (C=O) groups is 2. The third-order valence-electron chi connectivity index (χ3n) is 6.29. The zero-order chi connectivity index (χ0) is 23.3. The van der Waals surface area contributed by atoms with Gasteiger partial charge in [-0.1, -0.05) is 54.1 Å². The monoisotopic (exact) mass is 442 g/mol. The first-order valence-corrected chi connectivity index (χ1v) is 11.5. The SMILES string of the molecule is CCNC(=O)C1(Cc2cccc(-c3cccc(C)c3)c2)CCCN(C(=O)c2cnccn2)C1. The lowest BCUT2D eigenvalue weighted by molar-refractivity contribution is -0.133. The first kappa shape index (κ1) is 22.6. The van der Waals surface area contributed by atoms with Gasteiger partial charge in [-0.3, -0.25) is 14.6 Å². The molecule has 1 unspecified atom stereocenters. The molecule has 2 aromatic carbocycles. The third kappa shape index (κ3) is 5.11. The molecular formula is C27H30N4O2. The maximum atomic E-state index is 13.4. The minimum Gasteiger partial charge on any atom is -0.356 e. The van der Waals surface area contributed by atoms with Crippen LogP contribution in [-0.2, 0) is 11.2 Å². The average Bonchev–Trinajstić information content (AvgIpc) is 2.84. The zero-order valence-electron chi connectivity index (χ0n) is 19.3. The Kier molecular flexibility index (Phi) is 6.82. The van der Waals surface area contributed by atoms with Crippen LogP contribution in [0.2, 0.25) is 0 Å². The van der Waals surface area contributed by atoms with Crippen molar-refractivity contribution in [3.8, 4) is 11.1 Å². The summed E-state index contributed by atoms with van der Waals surface area (Å²) in [6, 6.07) is 16.8. The van der Waals surface area contributed by atoms with Crippen molar-refractivity contribution in [1.29, 1.82) is 0 Å². The normalized spacial score (nSPS) is 18.1. The van der Waals surface area contributed by atoms with Gasteiger partial charge in [0.1, 0.15) is 5.69 Å². The van der Waals surface area contributed by atoms with Crippen LogP contribution in [0.4, 0.5) is 0 Å². The number of likely N-dealkylation sites (tertiary alicyclic amines) is 1. The molecule has 2 heterocycles. The summed E-state index contributed by atoms with van der Waals surface area (Å²) in [5, 5.41) is 3.02. The molecule has 0 radical (unpaired) electrons. The van der Waals surface area contributed by atoms with Crippen molar-refractivity contribution in [2.24, 2.45) is 5.41 Å².